The van der Waals surface area contributed by atoms with Crippen molar-refractivity contribution < 1.29 is 13.2 Å². The summed E-state index contributed by atoms with van der Waals surface area (Å²) in [5.41, 5.74) is 6.72. The highest BCUT2D eigenvalue weighted by Gasteiger charge is 2.23. The maximum atomic E-state index is 12.0. The van der Waals surface area contributed by atoms with Crippen LogP contribution in [0.4, 0.5) is 5.69 Å². The van der Waals surface area contributed by atoms with Crippen molar-refractivity contribution >= 4 is 27.1 Å². The maximum Gasteiger partial charge on any atom is 0.156 e. The summed E-state index contributed by atoms with van der Waals surface area (Å²) in [5.74, 6) is 0.0593. The first kappa shape index (κ1) is 13.6. The van der Waals surface area contributed by atoms with Gasteiger partial charge < -0.3 is 10.5 Å². The molecule has 1 saturated heterocycles. The number of anilines is 1. The zero-order valence-corrected chi connectivity index (χ0v) is 11.5. The number of nitrogen functional groups attached to an aromatic ring is 1. The molecule has 18 heavy (non-hydrogen) atoms. The van der Waals surface area contributed by atoms with Crippen LogP contribution < -0.4 is 5.73 Å². The molecule has 2 N–H and O–H groups in total. The molecule has 1 heterocycles. The molecule has 1 unspecified atom stereocenters. The third-order valence-electron chi connectivity index (χ3n) is 2.91. The highest BCUT2D eigenvalue weighted by atomic mass is 35.5. The van der Waals surface area contributed by atoms with Crippen LogP contribution in [0.5, 0.6) is 0 Å². The van der Waals surface area contributed by atoms with E-state index < -0.39 is 9.84 Å². The van der Waals surface area contributed by atoms with Crippen molar-refractivity contribution in [1.29, 1.82) is 0 Å². The zero-order chi connectivity index (χ0) is 13.2. The van der Waals surface area contributed by atoms with E-state index in [0.717, 1.165) is 12.8 Å². The van der Waals surface area contributed by atoms with Gasteiger partial charge in [-0.15, -0.1) is 0 Å². The van der Waals surface area contributed by atoms with Gasteiger partial charge in [-0.1, -0.05) is 17.7 Å². The highest BCUT2D eigenvalue weighted by molar-refractivity contribution is 7.90. The second-order valence-corrected chi connectivity index (χ2v) is 7.06. The summed E-state index contributed by atoms with van der Waals surface area (Å²) in [4.78, 5) is 0. The maximum absolute atomic E-state index is 12.0. The Morgan fingerprint density at radius 1 is 1.44 bits per heavy atom. The quantitative estimate of drug-likeness (QED) is 0.861. The van der Waals surface area contributed by atoms with Crippen molar-refractivity contribution in [2.75, 3.05) is 18.1 Å². The SMILES string of the molecule is Nc1cc(CS(=O)(=O)CC2CCCO2)ccc1Cl. The topological polar surface area (TPSA) is 69.4 Å². The Balaban J connectivity index is 2.04. The van der Waals surface area contributed by atoms with Crippen molar-refractivity contribution in [3.8, 4) is 0 Å². The van der Waals surface area contributed by atoms with Gasteiger partial charge in [-0.3, -0.25) is 0 Å². The van der Waals surface area contributed by atoms with Gasteiger partial charge in [-0.25, -0.2) is 8.42 Å². The van der Waals surface area contributed by atoms with Crippen molar-refractivity contribution in [2.24, 2.45) is 0 Å². The Hall–Kier alpha value is -0.780. The molecule has 0 spiro atoms. The fraction of sp³-hybridized carbons (Fsp3) is 0.500. The summed E-state index contributed by atoms with van der Waals surface area (Å²) in [6.45, 7) is 0.661. The molecular formula is C12H16ClNO3S. The van der Waals surface area contributed by atoms with E-state index in [9.17, 15) is 8.42 Å². The third-order valence-corrected chi connectivity index (χ3v) is 4.91. The lowest BCUT2D eigenvalue weighted by atomic mass is 10.2. The minimum atomic E-state index is -3.17. The number of nitrogens with two attached hydrogens (primary N) is 1. The molecule has 1 aromatic carbocycles. The van der Waals surface area contributed by atoms with E-state index in [4.69, 9.17) is 22.1 Å². The van der Waals surface area contributed by atoms with Crippen LogP contribution in [0.1, 0.15) is 18.4 Å². The smallest absolute Gasteiger partial charge is 0.156 e. The van der Waals surface area contributed by atoms with Gasteiger partial charge in [0.05, 0.1) is 28.3 Å². The van der Waals surface area contributed by atoms with E-state index >= 15 is 0 Å². The second-order valence-electron chi connectivity index (χ2n) is 4.55. The first-order valence-electron chi connectivity index (χ1n) is 5.82. The lowest BCUT2D eigenvalue weighted by Gasteiger charge is -2.10. The summed E-state index contributed by atoms with van der Waals surface area (Å²) in [6, 6.07) is 4.91. The first-order valence-corrected chi connectivity index (χ1v) is 8.02. The summed E-state index contributed by atoms with van der Waals surface area (Å²) < 4.78 is 29.3. The molecule has 100 valence electrons. The summed E-state index contributed by atoms with van der Waals surface area (Å²) in [6.07, 6.45) is 1.61. The van der Waals surface area contributed by atoms with E-state index in [1.165, 1.54) is 0 Å². The molecular weight excluding hydrogens is 274 g/mol. The van der Waals surface area contributed by atoms with Gasteiger partial charge in [0.2, 0.25) is 0 Å². The molecule has 6 heteroatoms. The number of hydrogen-bond donors (Lipinski definition) is 1. The van der Waals surface area contributed by atoms with Crippen LogP contribution in [-0.2, 0) is 20.3 Å². The van der Waals surface area contributed by atoms with Gasteiger partial charge in [0, 0.05) is 6.61 Å². The molecule has 0 aromatic heterocycles. The molecule has 1 aromatic rings. The number of hydrogen-bond acceptors (Lipinski definition) is 4. The number of rotatable bonds is 4. The van der Waals surface area contributed by atoms with Crippen molar-refractivity contribution in [2.45, 2.75) is 24.7 Å². The van der Waals surface area contributed by atoms with Gasteiger partial charge >= 0.3 is 0 Å². The molecule has 0 bridgehead atoms. The molecule has 1 fully saturated rings. The van der Waals surface area contributed by atoms with E-state index in [1.807, 2.05) is 0 Å². The average molecular weight is 290 g/mol. The summed E-state index contributed by atoms with van der Waals surface area (Å²) in [7, 11) is -3.17. The molecule has 0 amide bonds. The summed E-state index contributed by atoms with van der Waals surface area (Å²) >= 11 is 5.79. The molecule has 0 radical (unpaired) electrons. The van der Waals surface area contributed by atoms with Crippen LogP contribution in [0.25, 0.3) is 0 Å². The third kappa shape index (κ3) is 3.60. The predicted octanol–water partition coefficient (Wildman–Crippen LogP) is 2.02. The second kappa shape index (κ2) is 5.47. The monoisotopic (exact) mass is 289 g/mol. The molecule has 2 rings (SSSR count). The fourth-order valence-corrected chi connectivity index (χ4v) is 3.81. The molecule has 1 atom stereocenters. The van der Waals surface area contributed by atoms with E-state index in [1.54, 1.807) is 18.2 Å². The lowest BCUT2D eigenvalue weighted by Crippen LogP contribution is -2.21. The Labute approximate surface area is 112 Å². The number of sulfone groups is 1. The average Bonchev–Trinajstić information content (AvgIpc) is 2.75. The van der Waals surface area contributed by atoms with E-state index in [0.29, 0.717) is 22.9 Å². The van der Waals surface area contributed by atoms with Crippen LogP contribution >= 0.6 is 11.6 Å². The Morgan fingerprint density at radius 3 is 2.83 bits per heavy atom. The zero-order valence-electron chi connectivity index (χ0n) is 9.93. The van der Waals surface area contributed by atoms with Gasteiger partial charge in [0.1, 0.15) is 0 Å². The van der Waals surface area contributed by atoms with Crippen LogP contribution in [-0.4, -0.2) is 26.9 Å². The van der Waals surface area contributed by atoms with Gasteiger partial charge in [-0.2, -0.15) is 0 Å². The molecule has 4 nitrogen and oxygen atoms in total. The standard InChI is InChI=1S/C12H16ClNO3S/c13-11-4-3-9(6-12(11)14)7-18(15,16)8-10-2-1-5-17-10/h3-4,6,10H,1-2,5,7-8,14H2. The normalized spacial score (nSPS) is 20.2. The highest BCUT2D eigenvalue weighted by Crippen LogP contribution is 2.22. The Kier molecular flexibility index (Phi) is 4.14. The minimum absolute atomic E-state index is 0.0196. The van der Waals surface area contributed by atoms with Gasteiger partial charge in [-0.05, 0) is 30.5 Å². The largest absolute Gasteiger partial charge is 0.398 e. The first-order chi connectivity index (χ1) is 8.46. The molecule has 1 aliphatic heterocycles. The van der Waals surface area contributed by atoms with Crippen LogP contribution in [0.3, 0.4) is 0 Å². The fourth-order valence-electron chi connectivity index (χ4n) is 2.05. The van der Waals surface area contributed by atoms with Crippen LogP contribution in [0, 0.1) is 0 Å². The lowest BCUT2D eigenvalue weighted by molar-refractivity contribution is 0.127. The molecule has 1 aliphatic rings. The van der Waals surface area contributed by atoms with Crippen LogP contribution in [0.15, 0.2) is 18.2 Å². The predicted molar refractivity (Wildman–Crippen MR) is 72.3 cm³/mol. The number of benzene rings is 1. The van der Waals surface area contributed by atoms with Gasteiger partial charge in [0.15, 0.2) is 9.84 Å². The van der Waals surface area contributed by atoms with Crippen molar-refractivity contribution in [3.05, 3.63) is 28.8 Å². The number of halogens is 1. The Bertz CT molecular complexity index is 524. The van der Waals surface area contributed by atoms with Crippen molar-refractivity contribution in [1.82, 2.24) is 0 Å². The molecule has 0 saturated carbocycles. The van der Waals surface area contributed by atoms with E-state index in [-0.39, 0.29) is 17.6 Å². The van der Waals surface area contributed by atoms with Crippen molar-refractivity contribution in [3.63, 3.8) is 0 Å². The van der Waals surface area contributed by atoms with Gasteiger partial charge in [0.25, 0.3) is 0 Å². The van der Waals surface area contributed by atoms with E-state index in [2.05, 4.69) is 0 Å². The summed E-state index contributed by atoms with van der Waals surface area (Å²) in [5, 5.41) is 0.440. The minimum Gasteiger partial charge on any atom is -0.398 e. The molecule has 0 aliphatic carbocycles. The van der Waals surface area contributed by atoms with Crippen LogP contribution in [0.2, 0.25) is 5.02 Å². The number of ether oxygens (including phenoxy) is 1. The Morgan fingerprint density at radius 2 is 2.22 bits per heavy atom.